The molecule has 1 saturated heterocycles. The number of hydrogen-bond donors (Lipinski definition) is 1. The van der Waals surface area contributed by atoms with E-state index in [9.17, 15) is 8.42 Å². The second kappa shape index (κ2) is 7.14. The molecule has 0 unspecified atom stereocenters. The van der Waals surface area contributed by atoms with Crippen LogP contribution in [0.25, 0.3) is 0 Å². The number of anilines is 2. The number of morpholine rings is 1. The van der Waals surface area contributed by atoms with Crippen molar-refractivity contribution in [3.8, 4) is 0 Å². The summed E-state index contributed by atoms with van der Waals surface area (Å²) in [4.78, 5) is 6.43. The lowest BCUT2D eigenvalue weighted by molar-refractivity contribution is 0.122. The molecule has 1 fully saturated rings. The summed E-state index contributed by atoms with van der Waals surface area (Å²) >= 11 is 11.7. The average Bonchev–Trinajstić information content (AvgIpc) is 2.58. The van der Waals surface area contributed by atoms with Gasteiger partial charge >= 0.3 is 0 Å². The summed E-state index contributed by atoms with van der Waals surface area (Å²) in [6.45, 7) is 2.85. The van der Waals surface area contributed by atoms with Crippen LogP contribution in [0, 0.1) is 0 Å². The van der Waals surface area contributed by atoms with Crippen molar-refractivity contribution in [2.45, 2.75) is 4.90 Å². The molecule has 1 aliphatic rings. The normalized spacial score (nSPS) is 15.3. The monoisotopic (exact) mass is 387 g/mol. The van der Waals surface area contributed by atoms with Crippen LogP contribution in [0.3, 0.4) is 0 Å². The molecule has 0 saturated carbocycles. The molecule has 2 aromatic rings. The second-order valence-electron chi connectivity index (χ2n) is 5.19. The number of halogens is 2. The van der Waals surface area contributed by atoms with E-state index < -0.39 is 10.0 Å². The molecule has 0 bridgehead atoms. The van der Waals surface area contributed by atoms with Gasteiger partial charge in [-0.15, -0.1) is 0 Å². The number of pyridine rings is 1. The Bertz CT molecular complexity index is 822. The van der Waals surface area contributed by atoms with Gasteiger partial charge in [0.2, 0.25) is 0 Å². The number of nitrogens with zero attached hydrogens (tertiary/aromatic N) is 2. The third kappa shape index (κ3) is 3.92. The van der Waals surface area contributed by atoms with E-state index in [1.165, 1.54) is 24.4 Å². The Hall–Kier alpha value is -1.54. The minimum absolute atomic E-state index is 0.0363. The Kier molecular flexibility index (Phi) is 5.15. The Morgan fingerprint density at radius 1 is 1.08 bits per heavy atom. The van der Waals surface area contributed by atoms with E-state index in [-0.39, 0.29) is 9.92 Å². The molecule has 9 heteroatoms. The molecule has 1 aromatic heterocycles. The molecule has 2 heterocycles. The van der Waals surface area contributed by atoms with Gasteiger partial charge in [-0.2, -0.15) is 0 Å². The van der Waals surface area contributed by atoms with Gasteiger partial charge in [0.15, 0.2) is 0 Å². The van der Waals surface area contributed by atoms with Crippen LogP contribution in [0.2, 0.25) is 10.0 Å². The van der Waals surface area contributed by atoms with Crippen LogP contribution in [0.15, 0.2) is 41.4 Å². The van der Waals surface area contributed by atoms with Crippen molar-refractivity contribution < 1.29 is 13.2 Å². The van der Waals surface area contributed by atoms with E-state index >= 15 is 0 Å². The number of nitrogens with one attached hydrogen (secondary N) is 1. The van der Waals surface area contributed by atoms with Crippen molar-refractivity contribution in [3.63, 3.8) is 0 Å². The van der Waals surface area contributed by atoms with E-state index in [2.05, 4.69) is 14.6 Å². The summed E-state index contributed by atoms with van der Waals surface area (Å²) in [5.41, 5.74) is 0.373. The first-order valence-corrected chi connectivity index (χ1v) is 9.46. The van der Waals surface area contributed by atoms with Gasteiger partial charge in [0.1, 0.15) is 5.82 Å². The van der Waals surface area contributed by atoms with Gasteiger partial charge < -0.3 is 9.64 Å². The topological polar surface area (TPSA) is 71.5 Å². The SMILES string of the molecule is O=S(=O)(Nc1ccc(N2CCOCC2)nc1)c1ccc(Cl)c(Cl)c1. The minimum Gasteiger partial charge on any atom is -0.378 e. The van der Waals surface area contributed by atoms with Crippen molar-refractivity contribution >= 4 is 44.7 Å². The average molecular weight is 388 g/mol. The van der Waals surface area contributed by atoms with Crippen LogP contribution >= 0.6 is 23.2 Å². The van der Waals surface area contributed by atoms with Crippen LogP contribution in [-0.2, 0) is 14.8 Å². The summed E-state index contributed by atoms with van der Waals surface area (Å²) < 4.78 is 32.5. The lowest BCUT2D eigenvalue weighted by atomic mass is 10.3. The van der Waals surface area contributed by atoms with E-state index in [0.717, 1.165) is 18.9 Å². The number of ether oxygens (including phenoxy) is 1. The highest BCUT2D eigenvalue weighted by molar-refractivity contribution is 7.92. The van der Waals surface area contributed by atoms with Crippen molar-refractivity contribution in [2.24, 2.45) is 0 Å². The lowest BCUT2D eigenvalue weighted by Crippen LogP contribution is -2.36. The van der Waals surface area contributed by atoms with Gasteiger partial charge in [-0.1, -0.05) is 23.2 Å². The Balaban J connectivity index is 1.76. The molecule has 6 nitrogen and oxygen atoms in total. The number of benzene rings is 1. The van der Waals surface area contributed by atoms with Gasteiger partial charge in [-0.25, -0.2) is 13.4 Å². The maximum absolute atomic E-state index is 12.4. The zero-order valence-electron chi connectivity index (χ0n) is 12.6. The van der Waals surface area contributed by atoms with Crippen molar-refractivity contribution in [1.29, 1.82) is 0 Å². The zero-order valence-corrected chi connectivity index (χ0v) is 14.9. The fourth-order valence-electron chi connectivity index (χ4n) is 2.28. The third-order valence-corrected chi connectivity index (χ3v) is 5.65. The second-order valence-corrected chi connectivity index (χ2v) is 7.68. The van der Waals surface area contributed by atoms with Crippen molar-refractivity contribution in [1.82, 2.24) is 4.98 Å². The van der Waals surface area contributed by atoms with E-state index in [1.807, 2.05) is 0 Å². The molecular weight excluding hydrogens is 373 g/mol. The lowest BCUT2D eigenvalue weighted by Gasteiger charge is -2.27. The smallest absolute Gasteiger partial charge is 0.261 e. The van der Waals surface area contributed by atoms with E-state index in [0.29, 0.717) is 23.9 Å². The van der Waals surface area contributed by atoms with Crippen molar-refractivity contribution in [3.05, 3.63) is 46.6 Å². The predicted octanol–water partition coefficient (Wildman–Crippen LogP) is 3.03. The van der Waals surface area contributed by atoms with Crippen LogP contribution < -0.4 is 9.62 Å². The standard InChI is InChI=1S/C15H15Cl2N3O3S/c16-13-3-2-12(9-14(13)17)24(21,22)19-11-1-4-15(18-10-11)20-5-7-23-8-6-20/h1-4,9-10,19H,5-8H2. The van der Waals surface area contributed by atoms with Gasteiger partial charge in [0, 0.05) is 13.1 Å². The number of rotatable bonds is 4. The third-order valence-electron chi connectivity index (χ3n) is 3.54. The highest BCUT2D eigenvalue weighted by Gasteiger charge is 2.17. The summed E-state index contributed by atoms with van der Waals surface area (Å²) in [7, 11) is -3.76. The molecule has 0 aliphatic carbocycles. The largest absolute Gasteiger partial charge is 0.378 e. The quantitative estimate of drug-likeness (QED) is 0.872. The molecule has 1 aromatic carbocycles. The maximum Gasteiger partial charge on any atom is 0.261 e. The summed E-state index contributed by atoms with van der Waals surface area (Å²) in [5, 5.41) is 0.479. The molecule has 0 atom stereocenters. The molecule has 0 spiro atoms. The molecule has 1 N–H and O–H groups in total. The zero-order chi connectivity index (χ0) is 17.2. The number of aromatic nitrogens is 1. The van der Waals surface area contributed by atoms with Gasteiger partial charge in [0.25, 0.3) is 10.0 Å². The Labute approximate surface area is 150 Å². The number of sulfonamides is 1. The van der Waals surface area contributed by atoms with Gasteiger partial charge in [-0.3, -0.25) is 4.72 Å². The summed E-state index contributed by atoms with van der Waals surface area (Å²) in [6.07, 6.45) is 1.49. The Morgan fingerprint density at radius 2 is 1.83 bits per heavy atom. The minimum atomic E-state index is -3.76. The number of hydrogen-bond acceptors (Lipinski definition) is 5. The van der Waals surface area contributed by atoms with E-state index in [4.69, 9.17) is 27.9 Å². The fraction of sp³-hybridized carbons (Fsp3) is 0.267. The Morgan fingerprint density at radius 3 is 2.46 bits per heavy atom. The van der Waals surface area contributed by atoms with Crippen LogP contribution in [0.5, 0.6) is 0 Å². The van der Waals surface area contributed by atoms with Gasteiger partial charge in [0.05, 0.1) is 40.0 Å². The highest BCUT2D eigenvalue weighted by Crippen LogP contribution is 2.26. The fourth-order valence-corrected chi connectivity index (χ4v) is 3.72. The van der Waals surface area contributed by atoms with E-state index in [1.54, 1.807) is 12.1 Å². The summed E-state index contributed by atoms with van der Waals surface area (Å²) in [6, 6.07) is 7.59. The molecule has 1 aliphatic heterocycles. The molecule has 24 heavy (non-hydrogen) atoms. The van der Waals surface area contributed by atoms with Crippen LogP contribution in [-0.4, -0.2) is 39.7 Å². The van der Waals surface area contributed by atoms with Crippen LogP contribution in [0.1, 0.15) is 0 Å². The first kappa shape index (κ1) is 17.3. The van der Waals surface area contributed by atoms with Gasteiger partial charge in [-0.05, 0) is 30.3 Å². The first-order valence-electron chi connectivity index (χ1n) is 7.22. The maximum atomic E-state index is 12.4. The van der Waals surface area contributed by atoms with Crippen molar-refractivity contribution in [2.75, 3.05) is 35.9 Å². The molecule has 128 valence electrons. The molecule has 0 radical (unpaired) electrons. The summed E-state index contributed by atoms with van der Waals surface area (Å²) in [5.74, 6) is 0.788. The predicted molar refractivity (Wildman–Crippen MR) is 94.5 cm³/mol. The first-order chi connectivity index (χ1) is 11.5. The van der Waals surface area contributed by atoms with Crippen LogP contribution in [0.4, 0.5) is 11.5 Å². The highest BCUT2D eigenvalue weighted by atomic mass is 35.5. The molecular formula is C15H15Cl2N3O3S. The molecule has 3 rings (SSSR count). The molecule has 0 amide bonds.